The van der Waals surface area contributed by atoms with Gasteiger partial charge >= 0.3 is 11.8 Å². The SMILES string of the molecule is C=CCOc1ccc(NC(=O)C(=O)N/N=C\c2cccc(OC)c2OCc2ccccc2Cl)cc1. The molecule has 0 aliphatic heterocycles. The third kappa shape index (κ3) is 7.35. The van der Waals surface area contributed by atoms with Crippen LogP contribution in [0.1, 0.15) is 11.1 Å². The van der Waals surface area contributed by atoms with Gasteiger partial charge in [0, 0.05) is 21.8 Å². The first kappa shape index (κ1) is 25.3. The Morgan fingerprint density at radius 3 is 2.49 bits per heavy atom. The lowest BCUT2D eigenvalue weighted by Gasteiger charge is -2.13. The van der Waals surface area contributed by atoms with E-state index in [1.807, 2.05) is 18.2 Å². The smallest absolute Gasteiger partial charge is 0.329 e. The fraction of sp³-hybridized carbons (Fsp3) is 0.115. The number of nitrogens with one attached hydrogen (secondary N) is 2. The predicted octanol–water partition coefficient (Wildman–Crippen LogP) is 4.58. The number of anilines is 1. The van der Waals surface area contributed by atoms with E-state index in [9.17, 15) is 9.59 Å². The number of hydrogen-bond acceptors (Lipinski definition) is 6. The molecule has 0 spiro atoms. The number of carbonyl (C=O) groups is 2. The van der Waals surface area contributed by atoms with Gasteiger partial charge in [-0.05, 0) is 42.5 Å². The molecule has 180 valence electrons. The number of carbonyl (C=O) groups excluding carboxylic acids is 2. The molecule has 0 unspecified atom stereocenters. The molecule has 3 aromatic rings. The quantitative estimate of drug-likeness (QED) is 0.186. The Labute approximate surface area is 208 Å². The van der Waals surface area contributed by atoms with Crippen LogP contribution < -0.4 is 25.0 Å². The van der Waals surface area contributed by atoms with Gasteiger partial charge in [-0.3, -0.25) is 9.59 Å². The number of halogens is 1. The van der Waals surface area contributed by atoms with E-state index in [0.717, 1.165) is 5.56 Å². The third-order valence-corrected chi connectivity index (χ3v) is 4.98. The van der Waals surface area contributed by atoms with Crippen LogP contribution in [0.2, 0.25) is 5.02 Å². The van der Waals surface area contributed by atoms with Crippen molar-refractivity contribution in [3.63, 3.8) is 0 Å². The van der Waals surface area contributed by atoms with Gasteiger partial charge in [-0.1, -0.05) is 48.5 Å². The molecule has 35 heavy (non-hydrogen) atoms. The summed E-state index contributed by atoms with van der Waals surface area (Å²) in [6.45, 7) is 4.15. The highest BCUT2D eigenvalue weighted by Gasteiger charge is 2.14. The van der Waals surface area contributed by atoms with E-state index in [2.05, 4.69) is 22.4 Å². The summed E-state index contributed by atoms with van der Waals surface area (Å²) in [6, 6.07) is 19.1. The van der Waals surface area contributed by atoms with Crippen molar-refractivity contribution in [1.82, 2.24) is 5.43 Å². The molecular weight excluding hydrogens is 470 g/mol. The summed E-state index contributed by atoms with van der Waals surface area (Å²) in [5.74, 6) is -0.304. The van der Waals surface area contributed by atoms with E-state index >= 15 is 0 Å². The summed E-state index contributed by atoms with van der Waals surface area (Å²) < 4.78 is 16.7. The standard InChI is InChI=1S/C26H24ClN3O5/c1-3-15-34-21-13-11-20(12-14-21)29-25(31)26(32)30-28-16-18-8-6-10-23(33-2)24(18)35-17-19-7-4-5-9-22(19)27/h3-14,16H,1,15,17H2,2H3,(H,29,31)(H,30,32)/b28-16-. The second kappa shape index (κ2) is 12.8. The molecule has 2 N–H and O–H groups in total. The Morgan fingerprint density at radius 1 is 1.00 bits per heavy atom. The molecule has 0 aromatic heterocycles. The number of hydrogen-bond donors (Lipinski definition) is 2. The van der Waals surface area contributed by atoms with Gasteiger partial charge in [0.25, 0.3) is 0 Å². The number of ether oxygens (including phenoxy) is 3. The number of methoxy groups -OCH3 is 1. The van der Waals surface area contributed by atoms with Crippen molar-refractivity contribution in [2.24, 2.45) is 5.10 Å². The molecule has 2 amide bonds. The van der Waals surface area contributed by atoms with E-state index < -0.39 is 11.8 Å². The lowest BCUT2D eigenvalue weighted by molar-refractivity contribution is -0.136. The first-order valence-corrected chi connectivity index (χ1v) is 10.9. The zero-order chi connectivity index (χ0) is 25.0. The fourth-order valence-corrected chi connectivity index (χ4v) is 3.09. The Kier molecular flexibility index (Phi) is 9.27. The van der Waals surface area contributed by atoms with E-state index in [1.54, 1.807) is 54.6 Å². The minimum atomic E-state index is -0.935. The molecule has 8 nitrogen and oxygen atoms in total. The van der Waals surface area contributed by atoms with Crippen LogP contribution in [0.5, 0.6) is 17.2 Å². The average molecular weight is 494 g/mol. The first-order chi connectivity index (χ1) is 17.0. The van der Waals surface area contributed by atoms with Gasteiger partial charge in [0.15, 0.2) is 11.5 Å². The van der Waals surface area contributed by atoms with E-state index in [-0.39, 0.29) is 6.61 Å². The maximum Gasteiger partial charge on any atom is 0.329 e. The molecule has 0 fully saturated rings. The number of hydrazone groups is 1. The lowest BCUT2D eigenvalue weighted by atomic mass is 10.2. The Morgan fingerprint density at radius 2 is 1.77 bits per heavy atom. The van der Waals surface area contributed by atoms with Crippen LogP contribution in [0.3, 0.4) is 0 Å². The third-order valence-electron chi connectivity index (χ3n) is 4.62. The van der Waals surface area contributed by atoms with Crippen molar-refractivity contribution in [3.05, 3.63) is 95.5 Å². The molecule has 0 atom stereocenters. The zero-order valence-electron chi connectivity index (χ0n) is 19.0. The highest BCUT2D eigenvalue weighted by molar-refractivity contribution is 6.39. The molecule has 3 rings (SSSR count). The molecule has 3 aromatic carbocycles. The topological polar surface area (TPSA) is 98.2 Å². The molecule has 9 heteroatoms. The van der Waals surface area contributed by atoms with Gasteiger partial charge < -0.3 is 19.5 Å². The normalized spacial score (nSPS) is 10.5. The van der Waals surface area contributed by atoms with Crippen LogP contribution in [-0.2, 0) is 16.2 Å². The predicted molar refractivity (Wildman–Crippen MR) is 135 cm³/mol. The van der Waals surface area contributed by atoms with Crippen molar-refractivity contribution >= 4 is 35.3 Å². The summed E-state index contributed by atoms with van der Waals surface area (Å²) in [5.41, 5.74) is 3.97. The highest BCUT2D eigenvalue weighted by atomic mass is 35.5. The summed E-state index contributed by atoms with van der Waals surface area (Å²) in [6.07, 6.45) is 2.99. The lowest BCUT2D eigenvalue weighted by Crippen LogP contribution is -2.32. The molecule has 0 aliphatic rings. The van der Waals surface area contributed by atoms with Gasteiger partial charge in [0.1, 0.15) is 19.0 Å². The molecule has 0 radical (unpaired) electrons. The van der Waals surface area contributed by atoms with Crippen molar-refractivity contribution in [2.45, 2.75) is 6.61 Å². The Bertz CT molecular complexity index is 1210. The average Bonchev–Trinajstić information content (AvgIpc) is 2.88. The van der Waals surface area contributed by atoms with Gasteiger partial charge in [-0.25, -0.2) is 5.43 Å². The van der Waals surface area contributed by atoms with E-state index in [0.29, 0.717) is 40.1 Å². The fourth-order valence-electron chi connectivity index (χ4n) is 2.90. The maximum atomic E-state index is 12.2. The van der Waals surface area contributed by atoms with Crippen LogP contribution in [0.4, 0.5) is 5.69 Å². The van der Waals surface area contributed by atoms with Crippen molar-refractivity contribution in [1.29, 1.82) is 0 Å². The number of benzene rings is 3. The molecule has 0 heterocycles. The second-order valence-electron chi connectivity index (χ2n) is 7.04. The van der Waals surface area contributed by atoms with E-state index in [1.165, 1.54) is 13.3 Å². The molecule has 0 saturated carbocycles. The number of amides is 2. The van der Waals surface area contributed by atoms with Gasteiger partial charge in [0.05, 0.1) is 13.3 Å². The second-order valence-corrected chi connectivity index (χ2v) is 7.44. The summed E-state index contributed by atoms with van der Waals surface area (Å²) in [5, 5.41) is 6.95. The van der Waals surface area contributed by atoms with Crippen LogP contribution in [0.25, 0.3) is 0 Å². The monoisotopic (exact) mass is 493 g/mol. The van der Waals surface area contributed by atoms with Crippen molar-refractivity contribution in [2.75, 3.05) is 19.0 Å². The van der Waals surface area contributed by atoms with Crippen molar-refractivity contribution < 1.29 is 23.8 Å². The van der Waals surface area contributed by atoms with Crippen LogP contribution in [-0.4, -0.2) is 31.7 Å². The number of para-hydroxylation sites is 1. The van der Waals surface area contributed by atoms with Gasteiger partial charge in [0.2, 0.25) is 0 Å². The Balaban J connectivity index is 1.61. The number of rotatable bonds is 10. The molecular formula is C26H24ClN3O5. The first-order valence-electron chi connectivity index (χ1n) is 10.5. The Hall–Kier alpha value is -4.30. The van der Waals surface area contributed by atoms with Gasteiger partial charge in [-0.2, -0.15) is 5.10 Å². The van der Waals surface area contributed by atoms with Crippen LogP contribution in [0.15, 0.2) is 84.5 Å². The number of nitrogens with zero attached hydrogens (tertiary/aromatic N) is 1. The van der Waals surface area contributed by atoms with Gasteiger partial charge in [-0.15, -0.1) is 0 Å². The summed E-state index contributed by atoms with van der Waals surface area (Å²) >= 11 is 6.21. The van der Waals surface area contributed by atoms with E-state index in [4.69, 9.17) is 25.8 Å². The van der Waals surface area contributed by atoms with Crippen molar-refractivity contribution in [3.8, 4) is 17.2 Å². The maximum absolute atomic E-state index is 12.2. The van der Waals surface area contributed by atoms with Crippen LogP contribution in [0, 0.1) is 0 Å². The highest BCUT2D eigenvalue weighted by Crippen LogP contribution is 2.31. The largest absolute Gasteiger partial charge is 0.493 e. The summed E-state index contributed by atoms with van der Waals surface area (Å²) in [7, 11) is 1.52. The summed E-state index contributed by atoms with van der Waals surface area (Å²) in [4.78, 5) is 24.3. The zero-order valence-corrected chi connectivity index (χ0v) is 19.7. The minimum absolute atomic E-state index is 0.201. The molecule has 0 saturated heterocycles. The minimum Gasteiger partial charge on any atom is -0.493 e. The molecule has 0 aliphatic carbocycles. The molecule has 0 bridgehead atoms. The van der Waals surface area contributed by atoms with Crippen LogP contribution >= 0.6 is 11.6 Å².